The number of aliphatic hydroxyl groups excluding tert-OH is 2. The van der Waals surface area contributed by atoms with Crippen LogP contribution in [0.1, 0.15) is 0 Å². The van der Waals surface area contributed by atoms with Gasteiger partial charge in [-0.3, -0.25) is 9.59 Å². The highest BCUT2D eigenvalue weighted by Crippen LogP contribution is 1.83. The third kappa shape index (κ3) is 4.44. The first kappa shape index (κ1) is 11.9. The number of likely N-dealkylation sites (N-methyl/N-ethyl adjacent to an activating group) is 1. The lowest BCUT2D eigenvalue weighted by Gasteiger charge is -2.14. The highest BCUT2D eigenvalue weighted by Gasteiger charge is 2.16. The summed E-state index contributed by atoms with van der Waals surface area (Å²) < 4.78 is 0. The van der Waals surface area contributed by atoms with E-state index in [0.29, 0.717) is 0 Å². The second-order valence-corrected chi connectivity index (χ2v) is 2.43. The van der Waals surface area contributed by atoms with Crippen molar-refractivity contribution in [3.63, 3.8) is 0 Å². The molecule has 13 heavy (non-hydrogen) atoms. The Bertz CT molecular complexity index is 183. The van der Waals surface area contributed by atoms with E-state index < -0.39 is 11.8 Å². The standard InChI is InChI=1S/C7H14N2O4/c1-9(3-5-11)7(13)6(12)8-2-4-10/h10-11H,2-5H2,1H3,(H,8,12). The average Bonchev–Trinajstić information content (AvgIpc) is 2.13. The summed E-state index contributed by atoms with van der Waals surface area (Å²) in [6, 6.07) is 0. The van der Waals surface area contributed by atoms with Gasteiger partial charge < -0.3 is 20.4 Å². The molecule has 0 saturated carbocycles. The Balaban J connectivity index is 3.87. The van der Waals surface area contributed by atoms with Crippen molar-refractivity contribution in [3.8, 4) is 0 Å². The van der Waals surface area contributed by atoms with Gasteiger partial charge in [-0.1, -0.05) is 0 Å². The molecule has 6 heteroatoms. The van der Waals surface area contributed by atoms with Gasteiger partial charge in [0.05, 0.1) is 13.2 Å². The first-order valence-electron chi connectivity index (χ1n) is 3.88. The van der Waals surface area contributed by atoms with Crippen molar-refractivity contribution in [2.24, 2.45) is 0 Å². The molecule has 0 saturated heterocycles. The Morgan fingerprint density at radius 3 is 2.38 bits per heavy atom. The number of amides is 2. The van der Waals surface area contributed by atoms with Gasteiger partial charge in [0.25, 0.3) is 0 Å². The Hall–Kier alpha value is -1.14. The minimum Gasteiger partial charge on any atom is -0.395 e. The summed E-state index contributed by atoms with van der Waals surface area (Å²) in [6.45, 7) is -0.221. The fourth-order valence-corrected chi connectivity index (χ4v) is 0.670. The summed E-state index contributed by atoms with van der Waals surface area (Å²) >= 11 is 0. The zero-order valence-electron chi connectivity index (χ0n) is 7.49. The fourth-order valence-electron chi connectivity index (χ4n) is 0.670. The van der Waals surface area contributed by atoms with Crippen LogP contribution in [0, 0.1) is 0 Å². The lowest BCUT2D eigenvalue weighted by molar-refractivity contribution is -0.145. The highest BCUT2D eigenvalue weighted by atomic mass is 16.3. The van der Waals surface area contributed by atoms with Crippen LogP contribution in [0.25, 0.3) is 0 Å². The number of nitrogens with one attached hydrogen (secondary N) is 1. The van der Waals surface area contributed by atoms with Crippen LogP contribution in [0.4, 0.5) is 0 Å². The molecule has 0 aliphatic rings. The molecule has 0 aromatic rings. The van der Waals surface area contributed by atoms with Crippen molar-refractivity contribution < 1.29 is 19.8 Å². The van der Waals surface area contributed by atoms with Crippen LogP contribution < -0.4 is 5.32 Å². The quantitative estimate of drug-likeness (QED) is 0.429. The second kappa shape index (κ2) is 6.38. The van der Waals surface area contributed by atoms with Crippen LogP contribution in [0.15, 0.2) is 0 Å². The maximum absolute atomic E-state index is 11.1. The third-order valence-electron chi connectivity index (χ3n) is 1.37. The molecular formula is C7H14N2O4. The lowest BCUT2D eigenvalue weighted by Crippen LogP contribution is -2.42. The summed E-state index contributed by atoms with van der Waals surface area (Å²) in [5, 5.41) is 19.0. The number of hydrogen-bond donors (Lipinski definition) is 3. The lowest BCUT2D eigenvalue weighted by atomic mass is 10.4. The third-order valence-corrected chi connectivity index (χ3v) is 1.37. The molecule has 76 valence electrons. The normalized spacial score (nSPS) is 9.46. The predicted octanol–water partition coefficient (Wildman–Crippen LogP) is -2.45. The molecule has 0 bridgehead atoms. The number of nitrogens with zero attached hydrogens (tertiary/aromatic N) is 1. The molecule has 0 unspecified atom stereocenters. The number of rotatable bonds is 4. The van der Waals surface area contributed by atoms with Crippen LogP contribution in [-0.2, 0) is 9.59 Å². The smallest absolute Gasteiger partial charge is 0.311 e. The van der Waals surface area contributed by atoms with E-state index in [2.05, 4.69) is 5.32 Å². The number of hydrogen-bond acceptors (Lipinski definition) is 4. The fraction of sp³-hybridized carbons (Fsp3) is 0.714. The Morgan fingerprint density at radius 1 is 1.31 bits per heavy atom. The van der Waals surface area contributed by atoms with E-state index in [1.165, 1.54) is 7.05 Å². The van der Waals surface area contributed by atoms with Crippen molar-refractivity contribution in [1.82, 2.24) is 10.2 Å². The topological polar surface area (TPSA) is 89.9 Å². The second-order valence-electron chi connectivity index (χ2n) is 2.43. The van der Waals surface area contributed by atoms with Gasteiger partial charge in [0.15, 0.2) is 0 Å². The largest absolute Gasteiger partial charge is 0.395 e. The van der Waals surface area contributed by atoms with Gasteiger partial charge in [0.2, 0.25) is 0 Å². The van der Waals surface area contributed by atoms with Gasteiger partial charge in [-0.15, -0.1) is 0 Å². The van der Waals surface area contributed by atoms with Crippen molar-refractivity contribution in [1.29, 1.82) is 0 Å². The van der Waals surface area contributed by atoms with Gasteiger partial charge in [-0.05, 0) is 0 Å². The van der Waals surface area contributed by atoms with Gasteiger partial charge in [-0.2, -0.15) is 0 Å². The van der Waals surface area contributed by atoms with E-state index in [9.17, 15) is 9.59 Å². The molecule has 0 aromatic heterocycles. The van der Waals surface area contributed by atoms with E-state index in [4.69, 9.17) is 10.2 Å². The van der Waals surface area contributed by atoms with Gasteiger partial charge >= 0.3 is 11.8 Å². The minimum absolute atomic E-state index is 0.0531. The zero-order valence-corrected chi connectivity index (χ0v) is 7.49. The van der Waals surface area contributed by atoms with Crippen LogP contribution in [-0.4, -0.2) is 60.3 Å². The average molecular weight is 190 g/mol. The van der Waals surface area contributed by atoms with Crippen LogP contribution in [0.2, 0.25) is 0 Å². The van der Waals surface area contributed by atoms with Gasteiger partial charge in [-0.25, -0.2) is 0 Å². The molecule has 0 aliphatic heterocycles. The molecule has 0 atom stereocenters. The predicted molar refractivity (Wildman–Crippen MR) is 44.8 cm³/mol. The maximum Gasteiger partial charge on any atom is 0.311 e. The molecule has 2 amide bonds. The maximum atomic E-state index is 11.1. The minimum atomic E-state index is -0.773. The van der Waals surface area contributed by atoms with E-state index in [1.54, 1.807) is 0 Å². The molecule has 0 rings (SSSR count). The molecule has 0 fully saturated rings. The van der Waals surface area contributed by atoms with Crippen molar-refractivity contribution in [3.05, 3.63) is 0 Å². The van der Waals surface area contributed by atoms with Gasteiger partial charge in [0, 0.05) is 20.1 Å². The first-order valence-corrected chi connectivity index (χ1v) is 3.88. The molecular weight excluding hydrogens is 176 g/mol. The molecule has 0 aliphatic carbocycles. The number of aliphatic hydroxyl groups is 2. The Labute approximate surface area is 76.2 Å². The summed E-state index contributed by atoms with van der Waals surface area (Å²) in [5.74, 6) is -1.49. The molecule has 0 spiro atoms. The zero-order chi connectivity index (χ0) is 10.3. The van der Waals surface area contributed by atoms with Crippen LogP contribution in [0.5, 0.6) is 0 Å². The van der Waals surface area contributed by atoms with E-state index in [0.717, 1.165) is 4.90 Å². The summed E-state index contributed by atoms with van der Waals surface area (Å²) in [5.41, 5.74) is 0. The number of carbonyl (C=O) groups is 2. The monoisotopic (exact) mass is 190 g/mol. The van der Waals surface area contributed by atoms with Crippen molar-refractivity contribution in [2.45, 2.75) is 0 Å². The number of carbonyl (C=O) groups excluding carboxylic acids is 2. The summed E-state index contributed by atoms with van der Waals surface area (Å²) in [6.07, 6.45) is 0. The molecule has 0 radical (unpaired) electrons. The van der Waals surface area contributed by atoms with Crippen molar-refractivity contribution >= 4 is 11.8 Å². The van der Waals surface area contributed by atoms with Crippen LogP contribution in [0.3, 0.4) is 0 Å². The highest BCUT2D eigenvalue weighted by molar-refractivity contribution is 6.34. The molecule has 0 heterocycles. The SMILES string of the molecule is CN(CCO)C(=O)C(=O)NCCO. The molecule has 0 aromatic carbocycles. The summed E-state index contributed by atoms with van der Waals surface area (Å²) in [4.78, 5) is 23.1. The van der Waals surface area contributed by atoms with Crippen LogP contribution >= 0.6 is 0 Å². The summed E-state index contributed by atoms with van der Waals surface area (Å²) in [7, 11) is 1.41. The van der Waals surface area contributed by atoms with E-state index in [-0.39, 0.29) is 26.3 Å². The van der Waals surface area contributed by atoms with E-state index in [1.807, 2.05) is 0 Å². The molecule has 6 nitrogen and oxygen atoms in total. The van der Waals surface area contributed by atoms with E-state index >= 15 is 0 Å². The Morgan fingerprint density at radius 2 is 1.92 bits per heavy atom. The Kier molecular flexibility index (Phi) is 5.82. The van der Waals surface area contributed by atoms with Gasteiger partial charge in [0.1, 0.15) is 0 Å². The first-order chi connectivity index (χ1) is 6.13. The molecule has 3 N–H and O–H groups in total. The van der Waals surface area contributed by atoms with Crippen molar-refractivity contribution in [2.75, 3.05) is 33.4 Å².